The van der Waals surface area contributed by atoms with Crippen LogP contribution in [-0.2, 0) is 0 Å². The normalized spacial score (nSPS) is 10.0. The smallest absolute Gasteiger partial charge is 0.223 e. The molecule has 0 saturated carbocycles. The van der Waals surface area contributed by atoms with Crippen LogP contribution in [0.1, 0.15) is 0 Å². The maximum atomic E-state index is 5.61. The van der Waals surface area contributed by atoms with Gasteiger partial charge in [0.15, 0.2) is 0 Å². The summed E-state index contributed by atoms with van der Waals surface area (Å²) < 4.78 is 1.16. The SMILES string of the molecule is CNc1cc(Nc2cccc(I)c2)nc(N)n1. The summed E-state index contributed by atoms with van der Waals surface area (Å²) in [5.41, 5.74) is 6.58. The summed E-state index contributed by atoms with van der Waals surface area (Å²) in [7, 11) is 1.79. The van der Waals surface area contributed by atoms with Gasteiger partial charge >= 0.3 is 0 Å². The first-order chi connectivity index (χ1) is 8.17. The fourth-order valence-corrected chi connectivity index (χ4v) is 1.92. The molecule has 1 aromatic heterocycles. The van der Waals surface area contributed by atoms with Gasteiger partial charge in [0, 0.05) is 22.4 Å². The monoisotopic (exact) mass is 341 g/mol. The Kier molecular flexibility index (Phi) is 3.62. The highest BCUT2D eigenvalue weighted by Gasteiger charge is 2.01. The van der Waals surface area contributed by atoms with Crippen LogP contribution in [0.5, 0.6) is 0 Å². The third-order valence-corrected chi connectivity index (χ3v) is 2.77. The lowest BCUT2D eigenvalue weighted by Gasteiger charge is -2.08. The van der Waals surface area contributed by atoms with E-state index in [-0.39, 0.29) is 5.95 Å². The molecule has 0 spiro atoms. The molecule has 0 aliphatic carbocycles. The molecule has 2 rings (SSSR count). The van der Waals surface area contributed by atoms with Crippen molar-refractivity contribution in [3.05, 3.63) is 33.9 Å². The van der Waals surface area contributed by atoms with Gasteiger partial charge in [-0.1, -0.05) is 6.07 Å². The zero-order valence-corrected chi connectivity index (χ0v) is 11.4. The predicted molar refractivity (Wildman–Crippen MR) is 78.4 cm³/mol. The molecule has 0 saturated heterocycles. The van der Waals surface area contributed by atoms with Crippen molar-refractivity contribution in [1.29, 1.82) is 0 Å². The number of nitrogens with one attached hydrogen (secondary N) is 2. The predicted octanol–water partition coefficient (Wildman–Crippen LogP) is 2.45. The van der Waals surface area contributed by atoms with Crippen molar-refractivity contribution >= 4 is 45.9 Å². The number of nitrogens with zero attached hydrogens (tertiary/aromatic N) is 2. The third-order valence-electron chi connectivity index (χ3n) is 2.10. The van der Waals surface area contributed by atoms with Crippen molar-refractivity contribution < 1.29 is 0 Å². The largest absolute Gasteiger partial charge is 0.373 e. The first kappa shape index (κ1) is 11.9. The van der Waals surface area contributed by atoms with Gasteiger partial charge in [0.1, 0.15) is 11.6 Å². The third kappa shape index (κ3) is 3.19. The lowest BCUT2D eigenvalue weighted by atomic mass is 10.3. The number of nitrogen functional groups attached to an aromatic ring is 1. The molecular weight excluding hydrogens is 329 g/mol. The highest BCUT2D eigenvalue weighted by atomic mass is 127. The van der Waals surface area contributed by atoms with Crippen LogP contribution in [-0.4, -0.2) is 17.0 Å². The number of nitrogens with two attached hydrogens (primary N) is 1. The zero-order chi connectivity index (χ0) is 12.3. The summed E-state index contributed by atoms with van der Waals surface area (Å²) >= 11 is 2.26. The molecule has 0 unspecified atom stereocenters. The highest BCUT2D eigenvalue weighted by Crippen LogP contribution is 2.19. The minimum Gasteiger partial charge on any atom is -0.373 e. The van der Waals surface area contributed by atoms with Crippen molar-refractivity contribution in [2.24, 2.45) is 0 Å². The average molecular weight is 341 g/mol. The Bertz CT molecular complexity index is 529. The molecular formula is C11H12IN5. The van der Waals surface area contributed by atoms with Crippen LogP contribution in [0.15, 0.2) is 30.3 Å². The fourth-order valence-electron chi connectivity index (χ4n) is 1.37. The van der Waals surface area contributed by atoms with Gasteiger partial charge in [-0.05, 0) is 40.8 Å². The van der Waals surface area contributed by atoms with E-state index >= 15 is 0 Å². The summed E-state index contributed by atoms with van der Waals surface area (Å²) in [4.78, 5) is 8.15. The fraction of sp³-hybridized carbons (Fsp3) is 0.0909. The summed E-state index contributed by atoms with van der Waals surface area (Å²) in [6.45, 7) is 0. The number of anilines is 4. The van der Waals surface area contributed by atoms with E-state index in [1.54, 1.807) is 13.1 Å². The van der Waals surface area contributed by atoms with Crippen LogP contribution in [0, 0.1) is 3.57 Å². The quantitative estimate of drug-likeness (QED) is 0.748. The second-order valence-corrected chi connectivity index (χ2v) is 4.63. The molecule has 17 heavy (non-hydrogen) atoms. The average Bonchev–Trinajstić information content (AvgIpc) is 2.28. The second-order valence-electron chi connectivity index (χ2n) is 3.38. The first-order valence-electron chi connectivity index (χ1n) is 5.02. The number of benzene rings is 1. The van der Waals surface area contributed by atoms with E-state index < -0.39 is 0 Å². The molecule has 1 heterocycles. The standard InChI is InChI=1S/C11H12IN5/c1-14-9-6-10(17-11(13)16-9)15-8-4-2-3-7(12)5-8/h2-6H,1H3,(H4,13,14,15,16,17). The molecule has 0 amide bonds. The van der Waals surface area contributed by atoms with E-state index in [0.29, 0.717) is 11.6 Å². The Morgan fingerprint density at radius 1 is 1.18 bits per heavy atom. The van der Waals surface area contributed by atoms with Gasteiger partial charge < -0.3 is 16.4 Å². The van der Waals surface area contributed by atoms with Gasteiger partial charge in [-0.2, -0.15) is 9.97 Å². The van der Waals surface area contributed by atoms with Gasteiger partial charge in [-0.25, -0.2) is 0 Å². The number of aromatic nitrogens is 2. The number of hydrogen-bond acceptors (Lipinski definition) is 5. The van der Waals surface area contributed by atoms with Crippen molar-refractivity contribution in [3.8, 4) is 0 Å². The van der Waals surface area contributed by atoms with E-state index in [0.717, 1.165) is 9.26 Å². The van der Waals surface area contributed by atoms with Crippen LogP contribution < -0.4 is 16.4 Å². The Balaban J connectivity index is 2.26. The van der Waals surface area contributed by atoms with E-state index in [4.69, 9.17) is 5.73 Å². The van der Waals surface area contributed by atoms with Crippen molar-refractivity contribution in [1.82, 2.24) is 9.97 Å². The van der Waals surface area contributed by atoms with Gasteiger partial charge in [0.2, 0.25) is 5.95 Å². The summed E-state index contributed by atoms with van der Waals surface area (Å²) in [5, 5.41) is 6.12. The molecule has 5 nitrogen and oxygen atoms in total. The number of rotatable bonds is 3. The van der Waals surface area contributed by atoms with Crippen LogP contribution in [0.4, 0.5) is 23.3 Å². The van der Waals surface area contributed by atoms with Crippen LogP contribution in [0.3, 0.4) is 0 Å². The molecule has 0 aliphatic heterocycles. The van der Waals surface area contributed by atoms with Gasteiger partial charge in [-0.15, -0.1) is 0 Å². The van der Waals surface area contributed by atoms with E-state index in [1.807, 2.05) is 24.3 Å². The van der Waals surface area contributed by atoms with E-state index in [1.165, 1.54) is 0 Å². The Labute approximate surface area is 113 Å². The Morgan fingerprint density at radius 3 is 2.65 bits per heavy atom. The molecule has 0 aliphatic rings. The molecule has 0 radical (unpaired) electrons. The molecule has 0 fully saturated rings. The maximum absolute atomic E-state index is 5.61. The zero-order valence-electron chi connectivity index (χ0n) is 9.24. The van der Waals surface area contributed by atoms with Crippen molar-refractivity contribution in [2.75, 3.05) is 23.4 Å². The molecule has 0 bridgehead atoms. The molecule has 6 heteroatoms. The number of hydrogen-bond donors (Lipinski definition) is 3. The highest BCUT2D eigenvalue weighted by molar-refractivity contribution is 14.1. The first-order valence-corrected chi connectivity index (χ1v) is 6.10. The van der Waals surface area contributed by atoms with Crippen LogP contribution in [0.25, 0.3) is 0 Å². The molecule has 1 aromatic carbocycles. The lowest BCUT2D eigenvalue weighted by Crippen LogP contribution is -2.03. The minimum absolute atomic E-state index is 0.241. The van der Waals surface area contributed by atoms with Crippen LogP contribution >= 0.6 is 22.6 Å². The summed E-state index contributed by atoms with van der Waals surface area (Å²) in [6.07, 6.45) is 0. The van der Waals surface area contributed by atoms with E-state index in [2.05, 4.69) is 43.2 Å². The summed E-state index contributed by atoms with van der Waals surface area (Å²) in [6, 6.07) is 9.81. The second kappa shape index (κ2) is 5.17. The maximum Gasteiger partial charge on any atom is 0.223 e. The lowest BCUT2D eigenvalue weighted by molar-refractivity contribution is 1.17. The van der Waals surface area contributed by atoms with Gasteiger partial charge in [0.25, 0.3) is 0 Å². The molecule has 0 atom stereocenters. The summed E-state index contributed by atoms with van der Waals surface area (Å²) in [5.74, 6) is 1.60. The van der Waals surface area contributed by atoms with Crippen molar-refractivity contribution in [3.63, 3.8) is 0 Å². The van der Waals surface area contributed by atoms with Gasteiger partial charge in [-0.3, -0.25) is 0 Å². The minimum atomic E-state index is 0.241. The number of halogens is 1. The van der Waals surface area contributed by atoms with Gasteiger partial charge in [0.05, 0.1) is 0 Å². The molecule has 88 valence electrons. The molecule has 2 aromatic rings. The Hall–Kier alpha value is -1.57. The Morgan fingerprint density at radius 2 is 1.94 bits per heavy atom. The van der Waals surface area contributed by atoms with E-state index in [9.17, 15) is 0 Å². The topological polar surface area (TPSA) is 75.9 Å². The van der Waals surface area contributed by atoms with Crippen LogP contribution in [0.2, 0.25) is 0 Å². The van der Waals surface area contributed by atoms with Crippen molar-refractivity contribution in [2.45, 2.75) is 0 Å². The molecule has 4 N–H and O–H groups in total.